The number of nitrogens with one attached hydrogen (secondary N) is 1. The molecule has 0 saturated heterocycles. The predicted octanol–water partition coefficient (Wildman–Crippen LogP) is 4.67. The number of thiazole rings is 1. The lowest BCUT2D eigenvalue weighted by atomic mass is 10.2. The average molecular weight is 384 g/mol. The Hall–Kier alpha value is -1.63. The first-order valence-electron chi connectivity index (χ1n) is 5.89. The number of rotatable bonds is 2. The van der Waals surface area contributed by atoms with Crippen LogP contribution >= 0.6 is 38.9 Å². The molecule has 3 aromatic rings. The third-order valence-corrected chi connectivity index (χ3v) is 4.53. The van der Waals surface area contributed by atoms with E-state index in [0.29, 0.717) is 5.13 Å². The molecule has 4 nitrogen and oxygen atoms in total. The lowest BCUT2D eigenvalue weighted by molar-refractivity contribution is 0.102. The second-order valence-electron chi connectivity index (χ2n) is 4.22. The van der Waals surface area contributed by atoms with Crippen LogP contribution in [0.5, 0.6) is 5.75 Å². The quantitative estimate of drug-likeness (QED) is 0.676. The summed E-state index contributed by atoms with van der Waals surface area (Å²) < 4.78 is 1.90. The number of hydrogen-bond donors (Lipinski definition) is 2. The summed E-state index contributed by atoms with van der Waals surface area (Å²) in [5, 5.41) is 13.1. The van der Waals surface area contributed by atoms with Crippen LogP contribution in [0, 0.1) is 0 Å². The van der Waals surface area contributed by atoms with E-state index in [4.69, 9.17) is 11.6 Å². The molecule has 2 N–H and O–H groups in total. The van der Waals surface area contributed by atoms with Gasteiger partial charge in [-0.15, -0.1) is 0 Å². The zero-order valence-electron chi connectivity index (χ0n) is 10.4. The first-order valence-corrected chi connectivity index (χ1v) is 7.88. The van der Waals surface area contributed by atoms with Crippen molar-refractivity contribution in [1.82, 2.24) is 4.98 Å². The summed E-state index contributed by atoms with van der Waals surface area (Å²) in [5.41, 5.74) is 0.914. The number of halogens is 2. The fourth-order valence-corrected chi connectivity index (χ4v) is 3.40. The van der Waals surface area contributed by atoms with Gasteiger partial charge < -0.3 is 5.11 Å². The molecule has 1 aromatic heterocycles. The number of amides is 1. The average Bonchev–Trinajstić information content (AvgIpc) is 2.83. The zero-order valence-corrected chi connectivity index (χ0v) is 13.6. The minimum atomic E-state index is -0.451. The van der Waals surface area contributed by atoms with Gasteiger partial charge in [-0.25, -0.2) is 4.98 Å². The van der Waals surface area contributed by atoms with E-state index in [1.807, 2.05) is 18.2 Å². The number of aromatic nitrogens is 1. The van der Waals surface area contributed by atoms with Crippen molar-refractivity contribution >= 4 is 60.1 Å². The second-order valence-corrected chi connectivity index (χ2v) is 6.57. The summed E-state index contributed by atoms with van der Waals surface area (Å²) >= 11 is 10.5. The van der Waals surface area contributed by atoms with Crippen LogP contribution in [0.4, 0.5) is 5.13 Å². The monoisotopic (exact) mass is 382 g/mol. The van der Waals surface area contributed by atoms with Gasteiger partial charge in [0.25, 0.3) is 5.91 Å². The van der Waals surface area contributed by atoms with Gasteiger partial charge in [0.1, 0.15) is 5.75 Å². The highest BCUT2D eigenvalue weighted by atomic mass is 79.9. The maximum atomic E-state index is 12.2. The molecule has 0 aliphatic heterocycles. The Morgan fingerprint density at radius 2 is 2.14 bits per heavy atom. The van der Waals surface area contributed by atoms with Crippen LogP contribution in [0.15, 0.2) is 40.9 Å². The van der Waals surface area contributed by atoms with Crippen LogP contribution in [0.1, 0.15) is 10.4 Å². The first kappa shape index (κ1) is 14.3. The van der Waals surface area contributed by atoms with Crippen molar-refractivity contribution in [2.24, 2.45) is 0 Å². The van der Waals surface area contributed by atoms with Crippen molar-refractivity contribution in [2.75, 3.05) is 5.32 Å². The maximum absolute atomic E-state index is 12.2. The molecule has 2 aromatic carbocycles. The van der Waals surface area contributed by atoms with E-state index in [-0.39, 0.29) is 16.3 Å². The number of benzene rings is 2. The van der Waals surface area contributed by atoms with Crippen molar-refractivity contribution in [2.45, 2.75) is 0 Å². The Morgan fingerprint density at radius 3 is 2.95 bits per heavy atom. The van der Waals surface area contributed by atoms with Crippen molar-refractivity contribution in [3.05, 3.63) is 51.5 Å². The van der Waals surface area contributed by atoms with Gasteiger partial charge in [0.15, 0.2) is 5.13 Å². The molecule has 0 aliphatic carbocycles. The minimum Gasteiger partial charge on any atom is -0.506 e. The first-order chi connectivity index (χ1) is 10.0. The van der Waals surface area contributed by atoms with Crippen molar-refractivity contribution in [3.63, 3.8) is 0 Å². The number of phenols is 1. The van der Waals surface area contributed by atoms with Crippen LogP contribution in [0.3, 0.4) is 0 Å². The summed E-state index contributed by atoms with van der Waals surface area (Å²) in [4.78, 5) is 16.5. The molecule has 0 fully saturated rings. The van der Waals surface area contributed by atoms with Gasteiger partial charge in [-0.1, -0.05) is 44.9 Å². The number of nitrogens with zero attached hydrogens (tertiary/aromatic N) is 1. The molecular formula is C14H8BrClN2O2S. The highest BCUT2D eigenvalue weighted by Gasteiger charge is 2.15. The van der Waals surface area contributed by atoms with Gasteiger partial charge in [-0.05, 0) is 30.3 Å². The van der Waals surface area contributed by atoms with E-state index in [1.165, 1.54) is 23.5 Å². The van der Waals surface area contributed by atoms with E-state index in [2.05, 4.69) is 26.2 Å². The minimum absolute atomic E-state index is 0.114. The Labute approximate surface area is 137 Å². The largest absolute Gasteiger partial charge is 0.506 e. The Kier molecular flexibility index (Phi) is 3.84. The van der Waals surface area contributed by atoms with Crippen LogP contribution in [-0.2, 0) is 0 Å². The number of carbonyl (C=O) groups is 1. The third-order valence-electron chi connectivity index (χ3n) is 2.80. The van der Waals surface area contributed by atoms with E-state index >= 15 is 0 Å². The van der Waals surface area contributed by atoms with Gasteiger partial charge in [-0.3, -0.25) is 10.1 Å². The molecule has 106 valence electrons. The summed E-state index contributed by atoms with van der Waals surface area (Å²) in [6.45, 7) is 0. The number of carbonyl (C=O) groups excluding carboxylic acids is 1. The molecule has 1 amide bonds. The van der Waals surface area contributed by atoms with Gasteiger partial charge in [0.05, 0.1) is 20.8 Å². The van der Waals surface area contributed by atoms with E-state index in [9.17, 15) is 9.90 Å². The number of hydrogen-bond acceptors (Lipinski definition) is 4. The van der Waals surface area contributed by atoms with Gasteiger partial charge in [-0.2, -0.15) is 0 Å². The molecule has 0 unspecified atom stereocenters. The molecule has 0 saturated carbocycles. The van der Waals surface area contributed by atoms with Gasteiger partial charge in [0, 0.05) is 4.47 Å². The fraction of sp³-hybridized carbons (Fsp3) is 0. The molecule has 0 spiro atoms. The van der Waals surface area contributed by atoms with Crippen molar-refractivity contribution < 1.29 is 9.90 Å². The molecular weight excluding hydrogens is 376 g/mol. The number of anilines is 1. The molecule has 3 rings (SSSR count). The topological polar surface area (TPSA) is 62.2 Å². The SMILES string of the molecule is O=C(Nc1nc2ccc(Br)cc2s1)c1cccc(Cl)c1O. The zero-order chi connectivity index (χ0) is 15.0. The standard InChI is InChI=1S/C14H8BrClN2O2S/c15-7-4-5-10-11(6-7)21-14(17-10)18-13(20)8-2-1-3-9(16)12(8)19/h1-6,19H,(H,17,18,20). The van der Waals surface area contributed by atoms with Crippen LogP contribution < -0.4 is 5.32 Å². The molecule has 1 heterocycles. The summed E-state index contributed by atoms with van der Waals surface area (Å²) in [5.74, 6) is -0.686. The Morgan fingerprint density at radius 1 is 1.33 bits per heavy atom. The van der Waals surface area contributed by atoms with Crippen LogP contribution in [-0.4, -0.2) is 16.0 Å². The predicted molar refractivity (Wildman–Crippen MR) is 88.4 cm³/mol. The van der Waals surface area contributed by atoms with Crippen LogP contribution in [0.2, 0.25) is 5.02 Å². The van der Waals surface area contributed by atoms with E-state index in [0.717, 1.165) is 14.7 Å². The molecule has 0 aliphatic rings. The second kappa shape index (κ2) is 5.63. The number of fused-ring (bicyclic) bond motifs is 1. The normalized spacial score (nSPS) is 10.8. The Bertz CT molecular complexity index is 850. The Balaban J connectivity index is 1.91. The van der Waals surface area contributed by atoms with E-state index in [1.54, 1.807) is 6.07 Å². The highest BCUT2D eigenvalue weighted by molar-refractivity contribution is 9.10. The summed E-state index contributed by atoms with van der Waals surface area (Å²) in [6, 6.07) is 10.3. The summed E-state index contributed by atoms with van der Waals surface area (Å²) in [7, 11) is 0. The molecule has 7 heteroatoms. The summed E-state index contributed by atoms with van der Waals surface area (Å²) in [6.07, 6.45) is 0. The smallest absolute Gasteiger partial charge is 0.261 e. The number of aromatic hydroxyl groups is 1. The van der Waals surface area contributed by atoms with Gasteiger partial charge in [0.2, 0.25) is 0 Å². The van der Waals surface area contributed by atoms with Gasteiger partial charge >= 0.3 is 0 Å². The lowest BCUT2D eigenvalue weighted by Gasteiger charge is -2.05. The fourth-order valence-electron chi connectivity index (χ4n) is 1.81. The lowest BCUT2D eigenvalue weighted by Crippen LogP contribution is -2.11. The van der Waals surface area contributed by atoms with E-state index < -0.39 is 5.91 Å². The molecule has 21 heavy (non-hydrogen) atoms. The highest BCUT2D eigenvalue weighted by Crippen LogP contribution is 2.30. The van der Waals surface area contributed by atoms with Crippen LogP contribution in [0.25, 0.3) is 10.2 Å². The molecule has 0 radical (unpaired) electrons. The number of para-hydroxylation sites is 1. The molecule has 0 bridgehead atoms. The third kappa shape index (κ3) is 2.88. The molecule has 0 atom stereocenters. The van der Waals surface area contributed by atoms with Crippen molar-refractivity contribution in [1.29, 1.82) is 0 Å². The number of phenolic OH excluding ortho intramolecular Hbond substituents is 1. The van der Waals surface area contributed by atoms with Crippen molar-refractivity contribution in [3.8, 4) is 5.75 Å². The maximum Gasteiger partial charge on any atom is 0.261 e.